The van der Waals surface area contributed by atoms with Crippen LogP contribution in [-0.4, -0.2) is 25.5 Å². The molecule has 3 aromatic rings. The van der Waals surface area contributed by atoms with E-state index in [9.17, 15) is 39.6 Å². The molecule has 3 rings (SSSR count). The molecule has 1 aromatic heterocycles. The minimum Gasteiger partial charge on any atom is -0.378 e. The summed E-state index contributed by atoms with van der Waals surface area (Å²) < 4.78 is 107. The number of halogens is 6. The monoisotopic (exact) mass is 517 g/mol. The molecule has 14 heteroatoms. The molecule has 0 saturated carbocycles. The Labute approximate surface area is 194 Å². The van der Waals surface area contributed by atoms with Crippen molar-refractivity contribution in [2.45, 2.75) is 17.2 Å². The van der Waals surface area contributed by atoms with Gasteiger partial charge in [0.05, 0.1) is 22.9 Å². The Morgan fingerprint density at radius 2 is 1.60 bits per heavy atom. The van der Waals surface area contributed by atoms with Gasteiger partial charge in [0.2, 0.25) is 0 Å². The fourth-order valence-corrected chi connectivity index (χ4v) is 3.64. The van der Waals surface area contributed by atoms with Gasteiger partial charge in [-0.15, -0.1) is 0 Å². The number of nitrogens with one attached hydrogen (secondary N) is 1. The first-order chi connectivity index (χ1) is 16.3. The molecule has 0 aliphatic carbocycles. The molecule has 7 nitrogen and oxygen atoms in total. The highest BCUT2D eigenvalue weighted by Crippen LogP contribution is 2.32. The molecular formula is C21H13F6N3O4S. The van der Waals surface area contributed by atoms with E-state index in [1.54, 1.807) is 0 Å². The molecule has 0 bridgehead atoms. The van der Waals surface area contributed by atoms with Crippen molar-refractivity contribution in [3.05, 3.63) is 89.2 Å². The maximum absolute atomic E-state index is 13.1. The van der Waals surface area contributed by atoms with Crippen LogP contribution in [0.1, 0.15) is 27.0 Å². The second-order valence-electron chi connectivity index (χ2n) is 6.72. The second-order valence-corrected chi connectivity index (χ2v) is 8.26. The Hall–Kier alpha value is -3.94. The van der Waals surface area contributed by atoms with Crippen molar-refractivity contribution < 1.29 is 43.7 Å². The van der Waals surface area contributed by atoms with Crippen molar-refractivity contribution in [2.75, 3.05) is 0 Å². The summed E-state index contributed by atoms with van der Waals surface area (Å²) in [6.45, 7) is 0. The van der Waals surface area contributed by atoms with E-state index in [-0.39, 0.29) is 11.3 Å². The van der Waals surface area contributed by atoms with Crippen LogP contribution in [0.3, 0.4) is 0 Å². The summed E-state index contributed by atoms with van der Waals surface area (Å²) in [7, 11) is -4.55. The second kappa shape index (κ2) is 9.74. The summed E-state index contributed by atoms with van der Waals surface area (Å²) in [4.78, 5) is 15.1. The number of hydrogen-bond donors (Lipinski definition) is 1. The fraction of sp³-hybridized carbons (Fsp3) is 0.0952. The predicted molar refractivity (Wildman–Crippen MR) is 110 cm³/mol. The number of alkyl halides is 6. The van der Waals surface area contributed by atoms with Crippen LogP contribution in [0.5, 0.6) is 5.75 Å². The fourth-order valence-electron chi connectivity index (χ4n) is 2.68. The van der Waals surface area contributed by atoms with E-state index in [0.717, 1.165) is 24.5 Å². The molecule has 0 unspecified atom stereocenters. The third kappa shape index (κ3) is 6.35. The molecule has 0 aliphatic heterocycles. The third-order valence-corrected chi connectivity index (χ3v) is 5.58. The van der Waals surface area contributed by atoms with Crippen molar-refractivity contribution in [1.29, 1.82) is 0 Å². The number of rotatable bonds is 6. The molecule has 184 valence electrons. The van der Waals surface area contributed by atoms with Gasteiger partial charge in [0.25, 0.3) is 5.91 Å². The van der Waals surface area contributed by atoms with Gasteiger partial charge in [0.1, 0.15) is 4.90 Å². The number of benzene rings is 2. The van der Waals surface area contributed by atoms with Crippen molar-refractivity contribution in [3.63, 3.8) is 0 Å². The molecule has 0 saturated heterocycles. The van der Waals surface area contributed by atoms with E-state index in [1.165, 1.54) is 24.3 Å². The first-order valence-corrected chi connectivity index (χ1v) is 10.8. The van der Waals surface area contributed by atoms with Crippen LogP contribution in [-0.2, 0) is 22.5 Å². The largest absolute Gasteiger partial charge is 0.417 e. The van der Waals surface area contributed by atoms with Crippen molar-refractivity contribution in [2.24, 2.45) is 5.10 Å². The molecule has 0 fully saturated rings. The smallest absolute Gasteiger partial charge is 0.378 e. The van der Waals surface area contributed by atoms with Crippen LogP contribution >= 0.6 is 0 Å². The SMILES string of the molecule is O=C(NN=Cc1ccccc1OS(=O)(=O)c1ccc(C(F)(F)F)cc1)c1cnccc1C(F)(F)F. The molecule has 0 aliphatic rings. The average Bonchev–Trinajstić information content (AvgIpc) is 2.79. The molecule has 0 spiro atoms. The van der Waals surface area contributed by atoms with Gasteiger partial charge < -0.3 is 4.18 Å². The Kier molecular flexibility index (Phi) is 7.14. The zero-order chi connectivity index (χ0) is 25.9. The number of hydrogen-bond acceptors (Lipinski definition) is 6. The topological polar surface area (TPSA) is 97.7 Å². The Morgan fingerprint density at radius 3 is 2.23 bits per heavy atom. The van der Waals surface area contributed by atoms with E-state index in [2.05, 4.69) is 10.1 Å². The lowest BCUT2D eigenvalue weighted by Crippen LogP contribution is -2.22. The first kappa shape index (κ1) is 25.7. The van der Waals surface area contributed by atoms with Crippen LogP contribution in [0.4, 0.5) is 26.3 Å². The van der Waals surface area contributed by atoms with E-state index in [4.69, 9.17) is 4.18 Å². The average molecular weight is 517 g/mol. The van der Waals surface area contributed by atoms with Crippen LogP contribution in [0.15, 0.2) is 77.0 Å². The number of amides is 1. The number of carbonyl (C=O) groups is 1. The highest BCUT2D eigenvalue weighted by molar-refractivity contribution is 7.87. The summed E-state index contributed by atoms with van der Waals surface area (Å²) in [6, 6.07) is 8.57. The minimum absolute atomic E-state index is 0.00878. The molecule has 2 aromatic carbocycles. The number of carbonyl (C=O) groups excluding carboxylic acids is 1. The standard InChI is InChI=1S/C21H13F6N3O4S/c22-20(23,24)14-5-7-15(8-6-14)35(32,33)34-18-4-2-1-3-13(18)11-29-30-19(31)16-12-28-10-9-17(16)21(25,26)27/h1-12H,(H,30,31). The van der Waals surface area contributed by atoms with E-state index >= 15 is 0 Å². The van der Waals surface area contributed by atoms with Crippen LogP contribution < -0.4 is 9.61 Å². The lowest BCUT2D eigenvalue weighted by atomic mass is 10.1. The molecule has 1 N–H and O–H groups in total. The van der Waals surface area contributed by atoms with Gasteiger partial charge in [-0.2, -0.15) is 39.9 Å². The minimum atomic E-state index is -4.81. The zero-order valence-corrected chi connectivity index (χ0v) is 17.9. The summed E-state index contributed by atoms with van der Waals surface area (Å²) in [5.41, 5.74) is -1.20. The number of pyridine rings is 1. The molecule has 1 heterocycles. The van der Waals surface area contributed by atoms with Crippen LogP contribution in [0, 0.1) is 0 Å². The zero-order valence-electron chi connectivity index (χ0n) is 17.1. The molecule has 1 amide bonds. The highest BCUT2D eigenvalue weighted by Gasteiger charge is 2.35. The number of hydrazone groups is 1. The number of aromatic nitrogens is 1. The van der Waals surface area contributed by atoms with Crippen molar-refractivity contribution in [3.8, 4) is 5.75 Å². The lowest BCUT2D eigenvalue weighted by Gasteiger charge is -2.11. The van der Waals surface area contributed by atoms with E-state index < -0.39 is 50.0 Å². The van der Waals surface area contributed by atoms with Crippen molar-refractivity contribution >= 4 is 22.2 Å². The predicted octanol–water partition coefficient (Wildman–Crippen LogP) is 4.65. The van der Waals surface area contributed by atoms with Gasteiger partial charge >= 0.3 is 22.5 Å². The first-order valence-electron chi connectivity index (χ1n) is 9.34. The summed E-state index contributed by atoms with van der Waals surface area (Å²) in [5, 5.41) is 3.52. The Balaban J connectivity index is 1.78. The molecular weight excluding hydrogens is 504 g/mol. The lowest BCUT2D eigenvalue weighted by molar-refractivity contribution is -0.138. The van der Waals surface area contributed by atoms with E-state index in [0.29, 0.717) is 24.4 Å². The normalized spacial score (nSPS) is 12.5. The van der Waals surface area contributed by atoms with Gasteiger partial charge in [-0.1, -0.05) is 12.1 Å². The van der Waals surface area contributed by atoms with Crippen molar-refractivity contribution in [1.82, 2.24) is 10.4 Å². The van der Waals surface area contributed by atoms with Gasteiger partial charge in [-0.05, 0) is 42.5 Å². The van der Waals surface area contributed by atoms with Gasteiger partial charge in [0, 0.05) is 18.0 Å². The molecule has 0 atom stereocenters. The maximum atomic E-state index is 13.1. The summed E-state index contributed by atoms with van der Waals surface area (Å²) in [5.74, 6) is -1.53. The Morgan fingerprint density at radius 1 is 0.943 bits per heavy atom. The van der Waals surface area contributed by atoms with Gasteiger partial charge in [-0.3, -0.25) is 9.78 Å². The number of nitrogens with zero attached hydrogens (tertiary/aromatic N) is 2. The van der Waals surface area contributed by atoms with Crippen LogP contribution in [0.2, 0.25) is 0 Å². The van der Waals surface area contributed by atoms with Gasteiger partial charge in [-0.25, -0.2) is 5.43 Å². The van der Waals surface area contributed by atoms with E-state index in [1.807, 2.05) is 5.43 Å². The maximum Gasteiger partial charge on any atom is 0.417 e. The Bertz CT molecular complexity index is 1350. The highest BCUT2D eigenvalue weighted by atomic mass is 32.2. The summed E-state index contributed by atoms with van der Waals surface area (Å²) in [6.07, 6.45) is -6.98. The quantitative estimate of drug-likeness (QED) is 0.222. The molecule has 0 radical (unpaired) electrons. The summed E-state index contributed by atoms with van der Waals surface area (Å²) >= 11 is 0. The number of para-hydroxylation sites is 1. The van der Waals surface area contributed by atoms with Crippen LogP contribution in [0.25, 0.3) is 0 Å². The third-order valence-electron chi connectivity index (χ3n) is 4.33. The molecule has 35 heavy (non-hydrogen) atoms. The van der Waals surface area contributed by atoms with Gasteiger partial charge in [0.15, 0.2) is 5.75 Å².